The number of β-amino-alcohol motifs (C(OH)–C–C–N with tert-alkyl or cyclic N) is 1. The lowest BCUT2D eigenvalue weighted by molar-refractivity contribution is -0.148. The van der Waals surface area contributed by atoms with Crippen molar-refractivity contribution in [3.63, 3.8) is 0 Å². The third-order valence-corrected chi connectivity index (χ3v) is 6.72. The van der Waals surface area contributed by atoms with E-state index in [1.165, 1.54) is 0 Å². The number of aliphatic hydroxyl groups excluding tert-OH is 1. The second kappa shape index (κ2) is 13.8. The number of carbonyl (C=O) groups excluding carboxylic acids is 2. The summed E-state index contributed by atoms with van der Waals surface area (Å²) in [6.07, 6.45) is 5.94. The molecule has 1 aliphatic heterocycles. The molecule has 1 heterocycles. The number of esters is 1. The van der Waals surface area contributed by atoms with Crippen molar-refractivity contribution < 1.29 is 28.9 Å². The zero-order chi connectivity index (χ0) is 25.1. The van der Waals surface area contributed by atoms with Gasteiger partial charge in [0.15, 0.2) is 0 Å². The van der Waals surface area contributed by atoms with E-state index in [-0.39, 0.29) is 36.0 Å². The number of carbonyl (C=O) groups is 2. The zero-order valence-corrected chi connectivity index (χ0v) is 21.2. The first-order chi connectivity index (χ1) is 16.8. The molecule has 1 atom stereocenters. The standard InChI is InChI=1S/C27H42N2O6/c1-27(2,19-28-26(32)21-13-15-33-16-14-21)29-17-22(30)18-34-24-10-6-3-7-20(24)11-12-25(31)35-23-8-4-5-9-23/h3,6-7,10,21-23,29-30H,4-5,8-9,11-19H2,1-2H3,(H,28,32). The van der Waals surface area contributed by atoms with Gasteiger partial charge in [-0.3, -0.25) is 9.59 Å². The van der Waals surface area contributed by atoms with Crippen LogP contribution in [0, 0.1) is 5.92 Å². The number of nitrogens with one attached hydrogen (secondary N) is 2. The first kappa shape index (κ1) is 27.4. The third kappa shape index (κ3) is 9.78. The Hall–Kier alpha value is -2.16. The Morgan fingerprint density at radius 1 is 1.14 bits per heavy atom. The zero-order valence-electron chi connectivity index (χ0n) is 21.2. The van der Waals surface area contributed by atoms with Gasteiger partial charge in [0.2, 0.25) is 5.91 Å². The molecule has 3 N–H and O–H groups in total. The highest BCUT2D eigenvalue weighted by atomic mass is 16.5. The van der Waals surface area contributed by atoms with Crippen molar-refractivity contribution in [2.45, 2.75) is 83.0 Å². The van der Waals surface area contributed by atoms with Gasteiger partial charge < -0.3 is 30.0 Å². The average molecular weight is 491 g/mol. The Morgan fingerprint density at radius 3 is 2.60 bits per heavy atom. The molecule has 1 amide bonds. The van der Waals surface area contributed by atoms with Gasteiger partial charge in [-0.05, 0) is 70.4 Å². The van der Waals surface area contributed by atoms with Gasteiger partial charge >= 0.3 is 5.97 Å². The summed E-state index contributed by atoms with van der Waals surface area (Å²) in [5.74, 6) is 0.587. The molecule has 3 rings (SSSR count). The fourth-order valence-corrected chi connectivity index (χ4v) is 4.45. The van der Waals surface area contributed by atoms with Crippen molar-refractivity contribution in [1.29, 1.82) is 0 Å². The maximum absolute atomic E-state index is 12.4. The Bertz CT molecular complexity index is 803. The summed E-state index contributed by atoms with van der Waals surface area (Å²) in [5.41, 5.74) is 0.548. The largest absolute Gasteiger partial charge is 0.491 e. The molecule has 1 aromatic carbocycles. The van der Waals surface area contributed by atoms with E-state index in [2.05, 4.69) is 10.6 Å². The number of hydrogen-bond donors (Lipinski definition) is 3. The third-order valence-electron chi connectivity index (χ3n) is 6.72. The summed E-state index contributed by atoms with van der Waals surface area (Å²) in [6.45, 7) is 6.18. The number of aliphatic hydroxyl groups is 1. The minimum absolute atomic E-state index is 0.0168. The van der Waals surface area contributed by atoms with Gasteiger partial charge in [-0.2, -0.15) is 0 Å². The van der Waals surface area contributed by atoms with Crippen LogP contribution in [0.2, 0.25) is 0 Å². The minimum Gasteiger partial charge on any atom is -0.491 e. The number of amides is 1. The lowest BCUT2D eigenvalue weighted by Gasteiger charge is -2.29. The number of ether oxygens (including phenoxy) is 3. The van der Waals surface area contributed by atoms with Crippen LogP contribution in [0.1, 0.15) is 64.4 Å². The van der Waals surface area contributed by atoms with Gasteiger partial charge in [0.1, 0.15) is 24.6 Å². The molecule has 196 valence electrons. The molecular formula is C27H42N2O6. The summed E-state index contributed by atoms with van der Waals surface area (Å²) < 4.78 is 16.7. The minimum atomic E-state index is -0.721. The predicted octanol–water partition coefficient (Wildman–Crippen LogP) is 2.76. The van der Waals surface area contributed by atoms with Gasteiger partial charge in [-0.15, -0.1) is 0 Å². The molecule has 2 fully saturated rings. The van der Waals surface area contributed by atoms with E-state index < -0.39 is 6.10 Å². The highest BCUT2D eigenvalue weighted by molar-refractivity contribution is 5.78. The molecule has 0 aromatic heterocycles. The number of aryl methyl sites for hydroxylation is 1. The van der Waals surface area contributed by atoms with E-state index in [4.69, 9.17) is 14.2 Å². The normalized spacial score (nSPS) is 18.3. The number of hydrogen-bond acceptors (Lipinski definition) is 7. The molecule has 0 radical (unpaired) electrons. The average Bonchev–Trinajstić information content (AvgIpc) is 3.37. The van der Waals surface area contributed by atoms with E-state index in [1.54, 1.807) is 0 Å². The number of rotatable bonds is 13. The molecular weight excluding hydrogens is 448 g/mol. The lowest BCUT2D eigenvalue weighted by Crippen LogP contribution is -2.52. The van der Waals surface area contributed by atoms with Crippen LogP contribution >= 0.6 is 0 Å². The van der Waals surface area contributed by atoms with Crippen LogP contribution in [-0.4, -0.2) is 67.6 Å². The van der Waals surface area contributed by atoms with Gasteiger partial charge in [0.05, 0.1) is 0 Å². The van der Waals surface area contributed by atoms with Gasteiger partial charge in [-0.25, -0.2) is 0 Å². The van der Waals surface area contributed by atoms with E-state index in [1.807, 2.05) is 38.1 Å². The van der Waals surface area contributed by atoms with Crippen LogP contribution in [-0.2, 0) is 25.5 Å². The van der Waals surface area contributed by atoms with Gasteiger partial charge in [0.25, 0.3) is 0 Å². The summed E-state index contributed by atoms with van der Waals surface area (Å²) >= 11 is 0. The molecule has 8 heteroatoms. The predicted molar refractivity (Wildman–Crippen MR) is 133 cm³/mol. The SMILES string of the molecule is CC(C)(CNC(=O)C1CCOCC1)NCC(O)COc1ccccc1CCC(=O)OC1CCCC1. The molecule has 0 spiro atoms. The number of benzene rings is 1. The molecule has 2 aliphatic rings. The van der Waals surface area contributed by atoms with E-state index in [0.717, 1.165) is 44.1 Å². The maximum Gasteiger partial charge on any atom is 0.306 e. The van der Waals surface area contributed by atoms with Crippen LogP contribution in [0.5, 0.6) is 5.75 Å². The van der Waals surface area contributed by atoms with Crippen LogP contribution in [0.4, 0.5) is 0 Å². The van der Waals surface area contributed by atoms with Crippen molar-refractivity contribution in [2.24, 2.45) is 5.92 Å². The molecule has 1 aromatic rings. The number of para-hydroxylation sites is 1. The monoisotopic (exact) mass is 490 g/mol. The van der Waals surface area contributed by atoms with Crippen LogP contribution < -0.4 is 15.4 Å². The van der Waals surface area contributed by atoms with Crippen molar-refractivity contribution in [1.82, 2.24) is 10.6 Å². The second-order valence-electron chi connectivity index (χ2n) is 10.3. The van der Waals surface area contributed by atoms with Crippen molar-refractivity contribution >= 4 is 11.9 Å². The van der Waals surface area contributed by atoms with Crippen LogP contribution in [0.25, 0.3) is 0 Å². The van der Waals surface area contributed by atoms with E-state index in [9.17, 15) is 14.7 Å². The Balaban J connectivity index is 1.36. The molecule has 1 aliphatic carbocycles. The highest BCUT2D eigenvalue weighted by Gasteiger charge is 2.25. The van der Waals surface area contributed by atoms with Gasteiger partial charge in [0, 0.05) is 44.2 Å². The molecule has 1 saturated heterocycles. The quantitative estimate of drug-likeness (QED) is 0.365. The summed E-state index contributed by atoms with van der Waals surface area (Å²) in [5, 5.41) is 16.8. The second-order valence-corrected chi connectivity index (χ2v) is 10.3. The maximum atomic E-state index is 12.4. The summed E-state index contributed by atoms with van der Waals surface area (Å²) in [4.78, 5) is 24.5. The lowest BCUT2D eigenvalue weighted by atomic mass is 9.98. The molecule has 1 saturated carbocycles. The van der Waals surface area contributed by atoms with E-state index >= 15 is 0 Å². The Morgan fingerprint density at radius 2 is 1.86 bits per heavy atom. The van der Waals surface area contributed by atoms with Crippen molar-refractivity contribution in [2.75, 3.05) is 32.9 Å². The van der Waals surface area contributed by atoms with Gasteiger partial charge in [-0.1, -0.05) is 18.2 Å². The van der Waals surface area contributed by atoms with E-state index in [0.29, 0.717) is 44.9 Å². The Labute approximate surface area is 209 Å². The van der Waals surface area contributed by atoms with Crippen molar-refractivity contribution in [3.05, 3.63) is 29.8 Å². The van der Waals surface area contributed by atoms with Crippen molar-refractivity contribution in [3.8, 4) is 5.75 Å². The molecule has 0 bridgehead atoms. The topological polar surface area (TPSA) is 106 Å². The molecule has 8 nitrogen and oxygen atoms in total. The first-order valence-corrected chi connectivity index (χ1v) is 13.0. The first-order valence-electron chi connectivity index (χ1n) is 13.0. The fraction of sp³-hybridized carbons (Fsp3) is 0.704. The summed E-state index contributed by atoms with van der Waals surface area (Å²) in [6, 6.07) is 7.59. The Kier molecular flexibility index (Phi) is 10.8. The molecule has 35 heavy (non-hydrogen) atoms. The van der Waals surface area contributed by atoms with Crippen LogP contribution in [0.15, 0.2) is 24.3 Å². The summed E-state index contributed by atoms with van der Waals surface area (Å²) in [7, 11) is 0. The smallest absolute Gasteiger partial charge is 0.306 e. The highest BCUT2D eigenvalue weighted by Crippen LogP contribution is 2.23. The fourth-order valence-electron chi connectivity index (χ4n) is 4.45. The molecule has 1 unspecified atom stereocenters. The van der Waals surface area contributed by atoms with Crippen LogP contribution in [0.3, 0.4) is 0 Å².